The molecule has 84 valence electrons. The molecular weight excluding hydrogens is 194 g/mol. The highest BCUT2D eigenvalue weighted by Gasteiger charge is 2.19. The van der Waals surface area contributed by atoms with E-state index in [-0.39, 0.29) is 5.54 Å². The molecule has 0 saturated heterocycles. The predicted octanol–water partition coefficient (Wildman–Crippen LogP) is 2.71. The summed E-state index contributed by atoms with van der Waals surface area (Å²) in [7, 11) is 0. The van der Waals surface area contributed by atoms with Crippen LogP contribution in [0.15, 0.2) is 10.2 Å². The number of hydrogen-bond acceptors (Lipinski definition) is 3. The second-order valence-electron chi connectivity index (χ2n) is 4.07. The van der Waals surface area contributed by atoms with Gasteiger partial charge in [-0.15, -0.1) is 0 Å². The van der Waals surface area contributed by atoms with E-state index in [1.807, 2.05) is 0 Å². The SMILES string of the molecule is CC(C)(C)N(CCN=[N+]=[N-])CCN=[N+]=[N-]. The highest BCUT2D eigenvalue weighted by molar-refractivity contribution is 4.77. The van der Waals surface area contributed by atoms with E-state index < -0.39 is 0 Å². The molecule has 0 aromatic rings. The Morgan fingerprint density at radius 3 is 1.67 bits per heavy atom. The maximum Gasteiger partial charge on any atom is 0.0385 e. The Morgan fingerprint density at radius 1 is 1.00 bits per heavy atom. The van der Waals surface area contributed by atoms with Crippen LogP contribution in [0.2, 0.25) is 0 Å². The summed E-state index contributed by atoms with van der Waals surface area (Å²) in [5.41, 5.74) is 16.3. The van der Waals surface area contributed by atoms with Crippen LogP contribution in [-0.4, -0.2) is 36.6 Å². The van der Waals surface area contributed by atoms with Crippen molar-refractivity contribution in [2.45, 2.75) is 26.3 Å². The van der Waals surface area contributed by atoms with E-state index in [4.69, 9.17) is 11.1 Å². The van der Waals surface area contributed by atoms with Crippen molar-refractivity contribution in [3.05, 3.63) is 20.9 Å². The largest absolute Gasteiger partial charge is 0.298 e. The van der Waals surface area contributed by atoms with Crippen molar-refractivity contribution in [1.29, 1.82) is 0 Å². The van der Waals surface area contributed by atoms with Crippen molar-refractivity contribution in [2.75, 3.05) is 26.2 Å². The summed E-state index contributed by atoms with van der Waals surface area (Å²) in [5, 5.41) is 6.98. The zero-order valence-corrected chi connectivity index (χ0v) is 9.46. The van der Waals surface area contributed by atoms with Gasteiger partial charge in [-0.05, 0) is 31.8 Å². The zero-order chi connectivity index (χ0) is 11.7. The van der Waals surface area contributed by atoms with Gasteiger partial charge in [0, 0.05) is 41.5 Å². The van der Waals surface area contributed by atoms with Gasteiger partial charge in [-0.3, -0.25) is 4.90 Å². The van der Waals surface area contributed by atoms with Gasteiger partial charge in [0.05, 0.1) is 0 Å². The Labute approximate surface area is 89.3 Å². The quantitative estimate of drug-likeness (QED) is 0.376. The summed E-state index contributed by atoms with van der Waals surface area (Å²) < 4.78 is 0. The second-order valence-corrected chi connectivity index (χ2v) is 4.07. The fourth-order valence-corrected chi connectivity index (χ4v) is 1.20. The molecule has 0 amide bonds. The molecule has 7 nitrogen and oxygen atoms in total. The van der Waals surface area contributed by atoms with Gasteiger partial charge < -0.3 is 0 Å². The smallest absolute Gasteiger partial charge is 0.0385 e. The molecule has 15 heavy (non-hydrogen) atoms. The summed E-state index contributed by atoms with van der Waals surface area (Å²) >= 11 is 0. The Morgan fingerprint density at radius 2 is 1.40 bits per heavy atom. The molecule has 0 aliphatic rings. The average Bonchev–Trinajstić information content (AvgIpc) is 2.14. The minimum Gasteiger partial charge on any atom is -0.298 e. The van der Waals surface area contributed by atoms with E-state index >= 15 is 0 Å². The maximum absolute atomic E-state index is 8.17. The molecule has 0 spiro atoms. The molecule has 0 aliphatic carbocycles. The van der Waals surface area contributed by atoms with E-state index in [9.17, 15) is 0 Å². The summed E-state index contributed by atoms with van der Waals surface area (Å²) in [4.78, 5) is 7.53. The van der Waals surface area contributed by atoms with E-state index in [2.05, 4.69) is 45.7 Å². The molecule has 0 heterocycles. The number of nitrogens with zero attached hydrogens (tertiary/aromatic N) is 7. The first-order valence-electron chi connectivity index (χ1n) is 4.79. The Balaban J connectivity index is 4.18. The fraction of sp³-hybridized carbons (Fsp3) is 1.00. The van der Waals surface area contributed by atoms with Crippen molar-refractivity contribution < 1.29 is 0 Å². The summed E-state index contributed by atoms with van der Waals surface area (Å²) in [6.07, 6.45) is 0. The highest BCUT2D eigenvalue weighted by Crippen LogP contribution is 2.12. The van der Waals surface area contributed by atoms with Crippen LogP contribution in [0.1, 0.15) is 20.8 Å². The fourth-order valence-electron chi connectivity index (χ4n) is 1.20. The normalized spacial score (nSPS) is 10.7. The summed E-state index contributed by atoms with van der Waals surface area (Å²) in [6.45, 7) is 8.43. The van der Waals surface area contributed by atoms with Crippen LogP contribution in [-0.2, 0) is 0 Å². The van der Waals surface area contributed by atoms with Gasteiger partial charge in [0.15, 0.2) is 0 Å². The van der Waals surface area contributed by atoms with Crippen LogP contribution in [0.25, 0.3) is 20.9 Å². The van der Waals surface area contributed by atoms with Gasteiger partial charge in [-0.2, -0.15) is 0 Å². The lowest BCUT2D eigenvalue weighted by atomic mass is 10.1. The summed E-state index contributed by atoms with van der Waals surface area (Å²) in [6, 6.07) is 0. The van der Waals surface area contributed by atoms with E-state index in [0.717, 1.165) is 0 Å². The topological polar surface area (TPSA) is 101 Å². The van der Waals surface area contributed by atoms with Crippen LogP contribution >= 0.6 is 0 Å². The predicted molar refractivity (Wildman–Crippen MR) is 59.4 cm³/mol. The molecule has 0 aliphatic heterocycles. The molecule has 0 N–H and O–H groups in total. The molecule has 0 rings (SSSR count). The van der Waals surface area contributed by atoms with Crippen molar-refractivity contribution in [1.82, 2.24) is 4.90 Å². The van der Waals surface area contributed by atoms with Crippen molar-refractivity contribution in [3.8, 4) is 0 Å². The standard InChI is InChI=1S/C8H17N7/c1-8(2,3)15(6-4-11-13-9)7-5-12-14-10/h4-7H2,1-3H3. The third-order valence-corrected chi connectivity index (χ3v) is 2.02. The molecule has 0 radical (unpaired) electrons. The first-order valence-corrected chi connectivity index (χ1v) is 4.79. The van der Waals surface area contributed by atoms with Crippen molar-refractivity contribution in [3.63, 3.8) is 0 Å². The lowest BCUT2D eigenvalue weighted by Gasteiger charge is -2.34. The van der Waals surface area contributed by atoms with Crippen LogP contribution in [0.4, 0.5) is 0 Å². The Hall–Kier alpha value is -1.42. The third kappa shape index (κ3) is 6.62. The van der Waals surface area contributed by atoms with Gasteiger partial charge in [-0.25, -0.2) is 0 Å². The lowest BCUT2D eigenvalue weighted by molar-refractivity contribution is 0.146. The second kappa shape index (κ2) is 6.95. The van der Waals surface area contributed by atoms with Crippen molar-refractivity contribution in [2.24, 2.45) is 10.2 Å². The van der Waals surface area contributed by atoms with Crippen LogP contribution in [0.5, 0.6) is 0 Å². The zero-order valence-electron chi connectivity index (χ0n) is 9.46. The number of azide groups is 2. The molecule has 0 aromatic carbocycles. The maximum atomic E-state index is 8.17. The molecule has 0 saturated carbocycles. The molecule has 0 atom stereocenters. The van der Waals surface area contributed by atoms with Gasteiger partial charge in [-0.1, -0.05) is 10.2 Å². The molecule has 0 fully saturated rings. The molecule has 0 unspecified atom stereocenters. The minimum absolute atomic E-state index is 0.0179. The summed E-state index contributed by atoms with van der Waals surface area (Å²) in [5.74, 6) is 0. The lowest BCUT2D eigenvalue weighted by Crippen LogP contribution is -2.44. The minimum atomic E-state index is -0.0179. The van der Waals surface area contributed by atoms with Gasteiger partial charge in [0.2, 0.25) is 0 Å². The van der Waals surface area contributed by atoms with Crippen molar-refractivity contribution >= 4 is 0 Å². The van der Waals surface area contributed by atoms with E-state index in [1.165, 1.54) is 0 Å². The number of hydrogen-bond donors (Lipinski definition) is 0. The highest BCUT2D eigenvalue weighted by atomic mass is 15.2. The first kappa shape index (κ1) is 13.6. The molecule has 7 heteroatoms. The van der Waals surface area contributed by atoms with Gasteiger partial charge in [0.1, 0.15) is 0 Å². The molecular formula is C8H17N7. The number of rotatable bonds is 6. The van der Waals surface area contributed by atoms with Gasteiger partial charge >= 0.3 is 0 Å². The van der Waals surface area contributed by atoms with E-state index in [1.54, 1.807) is 0 Å². The molecule has 0 aromatic heterocycles. The van der Waals surface area contributed by atoms with Crippen LogP contribution in [0.3, 0.4) is 0 Å². The average molecular weight is 211 g/mol. The first-order chi connectivity index (χ1) is 7.02. The van der Waals surface area contributed by atoms with Gasteiger partial charge in [0.25, 0.3) is 0 Å². The van der Waals surface area contributed by atoms with E-state index in [0.29, 0.717) is 26.2 Å². The monoisotopic (exact) mass is 211 g/mol. The Kier molecular flexibility index (Phi) is 6.29. The van der Waals surface area contributed by atoms with Crippen LogP contribution in [0, 0.1) is 0 Å². The van der Waals surface area contributed by atoms with Crippen LogP contribution < -0.4 is 0 Å². The molecule has 0 bridgehead atoms. The third-order valence-electron chi connectivity index (χ3n) is 2.02. The Bertz CT molecular complexity index is 245.